The van der Waals surface area contributed by atoms with E-state index in [1.165, 1.54) is 4.88 Å². The summed E-state index contributed by atoms with van der Waals surface area (Å²) in [5, 5.41) is 8.37. The fraction of sp³-hybridized carbons (Fsp3) is 0.615. The van der Waals surface area contributed by atoms with Crippen molar-refractivity contribution in [2.45, 2.75) is 12.8 Å². The smallest absolute Gasteiger partial charge is 0.220 e. The van der Waals surface area contributed by atoms with Crippen molar-refractivity contribution >= 4 is 45.6 Å². The van der Waals surface area contributed by atoms with Gasteiger partial charge in [0.25, 0.3) is 0 Å². The van der Waals surface area contributed by atoms with Gasteiger partial charge in [-0.05, 0) is 28.4 Å². The molecule has 1 fully saturated rings. The number of aryl methyl sites for hydroxylation is 1. The highest BCUT2D eigenvalue weighted by Crippen LogP contribution is 2.20. The van der Waals surface area contributed by atoms with Crippen LogP contribution >= 0.6 is 39.7 Å². The van der Waals surface area contributed by atoms with Crippen molar-refractivity contribution in [3.05, 3.63) is 20.8 Å². The quantitative estimate of drug-likeness (QED) is 0.789. The molecule has 0 saturated carbocycles. The Bertz CT molecular complexity index is 410. The van der Waals surface area contributed by atoms with E-state index >= 15 is 0 Å². The van der Waals surface area contributed by atoms with Crippen LogP contribution in [0.2, 0.25) is 0 Å². The summed E-state index contributed by atoms with van der Waals surface area (Å²) in [7, 11) is 0. The number of nitrogens with one attached hydrogen (secondary N) is 2. The van der Waals surface area contributed by atoms with Crippen LogP contribution in [0.4, 0.5) is 0 Å². The van der Waals surface area contributed by atoms with Crippen molar-refractivity contribution in [2.24, 2.45) is 0 Å². The number of hydrogen-bond acceptors (Lipinski definition) is 4. The third-order valence-electron chi connectivity index (χ3n) is 3.18. The molecule has 1 saturated heterocycles. The second-order valence-corrected chi connectivity index (χ2v) is 6.58. The third kappa shape index (κ3) is 6.54. The van der Waals surface area contributed by atoms with E-state index in [1.54, 1.807) is 11.3 Å². The van der Waals surface area contributed by atoms with E-state index in [4.69, 9.17) is 0 Å². The molecular formula is C13H21BrClN3OS. The van der Waals surface area contributed by atoms with Gasteiger partial charge in [-0.25, -0.2) is 0 Å². The van der Waals surface area contributed by atoms with E-state index in [-0.39, 0.29) is 18.3 Å². The van der Waals surface area contributed by atoms with Gasteiger partial charge in [-0.15, -0.1) is 23.7 Å². The lowest BCUT2D eigenvalue weighted by Crippen LogP contribution is -2.46. The van der Waals surface area contributed by atoms with Crippen LogP contribution in [0.1, 0.15) is 11.3 Å². The Morgan fingerprint density at radius 3 is 2.85 bits per heavy atom. The van der Waals surface area contributed by atoms with Crippen molar-refractivity contribution < 1.29 is 4.79 Å². The summed E-state index contributed by atoms with van der Waals surface area (Å²) in [6.45, 7) is 5.99. The number of rotatable bonds is 6. The summed E-state index contributed by atoms with van der Waals surface area (Å²) in [5.74, 6) is 0.152. The van der Waals surface area contributed by atoms with Gasteiger partial charge < -0.3 is 10.6 Å². The maximum atomic E-state index is 11.7. The topological polar surface area (TPSA) is 44.4 Å². The van der Waals surface area contributed by atoms with Crippen molar-refractivity contribution in [1.29, 1.82) is 0 Å². The second kappa shape index (κ2) is 9.73. The number of piperazine rings is 1. The number of hydrogen-bond donors (Lipinski definition) is 2. The van der Waals surface area contributed by atoms with Gasteiger partial charge in [0.1, 0.15) is 0 Å². The molecule has 1 aromatic heterocycles. The molecule has 0 unspecified atom stereocenters. The molecule has 20 heavy (non-hydrogen) atoms. The molecule has 0 aromatic carbocycles. The Morgan fingerprint density at radius 2 is 2.20 bits per heavy atom. The molecule has 0 bridgehead atoms. The SMILES string of the molecule is Cl.O=C(CCc1cc(Br)cs1)NCCN1CCNCC1. The van der Waals surface area contributed by atoms with Crippen LogP contribution in [0.15, 0.2) is 15.9 Å². The fourth-order valence-electron chi connectivity index (χ4n) is 2.10. The van der Waals surface area contributed by atoms with Crippen LogP contribution in [-0.2, 0) is 11.2 Å². The number of carbonyl (C=O) groups is 1. The van der Waals surface area contributed by atoms with Gasteiger partial charge in [0.2, 0.25) is 5.91 Å². The standard InChI is InChI=1S/C13H20BrN3OS.ClH/c14-11-9-12(19-10-11)1-2-13(18)16-5-8-17-6-3-15-4-7-17;/h9-10,15H,1-8H2,(H,16,18);1H. The molecule has 4 nitrogen and oxygen atoms in total. The highest BCUT2D eigenvalue weighted by atomic mass is 79.9. The van der Waals surface area contributed by atoms with E-state index in [1.807, 2.05) is 0 Å². The largest absolute Gasteiger partial charge is 0.355 e. The Hall–Kier alpha value is -0.140. The molecule has 1 aromatic rings. The summed E-state index contributed by atoms with van der Waals surface area (Å²) in [4.78, 5) is 15.4. The Morgan fingerprint density at radius 1 is 1.45 bits per heavy atom. The minimum Gasteiger partial charge on any atom is -0.355 e. The van der Waals surface area contributed by atoms with Gasteiger partial charge in [-0.3, -0.25) is 9.69 Å². The Balaban J connectivity index is 0.00000200. The summed E-state index contributed by atoms with van der Waals surface area (Å²) >= 11 is 5.12. The van der Waals surface area contributed by atoms with E-state index in [0.717, 1.165) is 50.2 Å². The van der Waals surface area contributed by atoms with Crippen molar-refractivity contribution in [3.63, 3.8) is 0 Å². The van der Waals surface area contributed by atoms with Crippen LogP contribution < -0.4 is 10.6 Å². The maximum Gasteiger partial charge on any atom is 0.220 e. The van der Waals surface area contributed by atoms with Gasteiger partial charge in [-0.1, -0.05) is 0 Å². The van der Waals surface area contributed by atoms with Crippen LogP contribution in [0.3, 0.4) is 0 Å². The van der Waals surface area contributed by atoms with Crippen LogP contribution in [0.5, 0.6) is 0 Å². The molecule has 2 N–H and O–H groups in total. The van der Waals surface area contributed by atoms with E-state index in [9.17, 15) is 4.79 Å². The minimum absolute atomic E-state index is 0. The van der Waals surface area contributed by atoms with Gasteiger partial charge in [0.15, 0.2) is 0 Å². The van der Waals surface area contributed by atoms with Crippen LogP contribution in [-0.4, -0.2) is 50.1 Å². The summed E-state index contributed by atoms with van der Waals surface area (Å²) in [6, 6.07) is 2.08. The van der Waals surface area contributed by atoms with Gasteiger partial charge in [-0.2, -0.15) is 0 Å². The molecule has 0 atom stereocenters. The molecule has 7 heteroatoms. The highest BCUT2D eigenvalue weighted by Gasteiger charge is 2.09. The molecule has 0 spiro atoms. The number of carbonyl (C=O) groups excluding carboxylic acids is 1. The van der Waals surface area contributed by atoms with Crippen molar-refractivity contribution in [2.75, 3.05) is 39.3 Å². The zero-order chi connectivity index (χ0) is 13.5. The van der Waals surface area contributed by atoms with E-state index in [0.29, 0.717) is 6.42 Å². The summed E-state index contributed by atoms with van der Waals surface area (Å²) in [5.41, 5.74) is 0. The van der Waals surface area contributed by atoms with Crippen LogP contribution in [0, 0.1) is 0 Å². The highest BCUT2D eigenvalue weighted by molar-refractivity contribution is 9.10. The zero-order valence-corrected chi connectivity index (χ0v) is 14.6. The molecule has 0 aliphatic carbocycles. The van der Waals surface area contributed by atoms with Gasteiger partial charge >= 0.3 is 0 Å². The normalized spacial score (nSPS) is 15.7. The molecule has 1 aliphatic rings. The number of nitrogens with zero attached hydrogens (tertiary/aromatic N) is 1. The average molecular weight is 383 g/mol. The molecule has 2 rings (SSSR count). The first-order valence-electron chi connectivity index (χ1n) is 6.67. The van der Waals surface area contributed by atoms with E-state index < -0.39 is 0 Å². The predicted molar refractivity (Wildman–Crippen MR) is 89.9 cm³/mol. The lowest BCUT2D eigenvalue weighted by atomic mass is 10.2. The average Bonchev–Trinajstić information content (AvgIpc) is 2.83. The molecule has 0 radical (unpaired) electrons. The Labute approximate surface area is 138 Å². The first kappa shape index (κ1) is 17.9. The number of halogens is 2. The van der Waals surface area contributed by atoms with Gasteiger partial charge in [0.05, 0.1) is 0 Å². The lowest BCUT2D eigenvalue weighted by Gasteiger charge is -2.27. The molecule has 1 amide bonds. The van der Waals surface area contributed by atoms with E-state index in [2.05, 4.69) is 42.9 Å². The van der Waals surface area contributed by atoms with Gasteiger partial charge in [0, 0.05) is 60.4 Å². The predicted octanol–water partition coefficient (Wildman–Crippen LogP) is 1.89. The maximum absolute atomic E-state index is 11.7. The monoisotopic (exact) mass is 381 g/mol. The van der Waals surface area contributed by atoms with Crippen molar-refractivity contribution in [3.8, 4) is 0 Å². The fourth-order valence-corrected chi connectivity index (χ4v) is 3.55. The minimum atomic E-state index is 0. The molecular weight excluding hydrogens is 362 g/mol. The number of amides is 1. The first-order valence-corrected chi connectivity index (χ1v) is 8.34. The zero-order valence-electron chi connectivity index (χ0n) is 11.4. The number of thiophene rings is 1. The molecule has 2 heterocycles. The third-order valence-corrected chi connectivity index (χ3v) is 4.94. The summed E-state index contributed by atoms with van der Waals surface area (Å²) in [6.07, 6.45) is 1.41. The second-order valence-electron chi connectivity index (χ2n) is 4.67. The van der Waals surface area contributed by atoms with Crippen LogP contribution in [0.25, 0.3) is 0 Å². The molecule has 114 valence electrons. The molecule has 1 aliphatic heterocycles. The lowest BCUT2D eigenvalue weighted by molar-refractivity contribution is -0.121. The Kier molecular flexibility index (Phi) is 8.72. The first-order chi connectivity index (χ1) is 9.24. The van der Waals surface area contributed by atoms with Crippen molar-refractivity contribution in [1.82, 2.24) is 15.5 Å². The summed E-state index contributed by atoms with van der Waals surface area (Å²) < 4.78 is 1.10.